The van der Waals surface area contributed by atoms with Crippen molar-refractivity contribution in [3.8, 4) is 5.75 Å². The molecule has 0 atom stereocenters. The fraction of sp³-hybridized carbons (Fsp3) is 0.455. The zero-order valence-corrected chi connectivity index (χ0v) is 17.4. The lowest BCUT2D eigenvalue weighted by Crippen LogP contribution is -2.52. The second-order valence-corrected chi connectivity index (χ2v) is 7.06. The number of unbranched alkanes of at least 4 members (excludes halogenated alkanes) is 1. The van der Waals surface area contributed by atoms with Crippen molar-refractivity contribution in [3.05, 3.63) is 59.0 Å². The van der Waals surface area contributed by atoms with Gasteiger partial charge in [0.05, 0.1) is 12.8 Å². The highest BCUT2D eigenvalue weighted by molar-refractivity contribution is 5.80. The SMILES string of the molecule is CN=C(NCCCCn1ccccc1=O)N1CCN(c2ccccc2OC)CC1. The predicted octanol–water partition coefficient (Wildman–Crippen LogP) is 2.03. The highest BCUT2D eigenvalue weighted by Crippen LogP contribution is 2.28. The molecular weight excluding hydrogens is 366 g/mol. The van der Waals surface area contributed by atoms with E-state index in [0.29, 0.717) is 0 Å². The molecular formula is C22H31N5O2. The lowest BCUT2D eigenvalue weighted by molar-refractivity contribution is 0.366. The number of hydrogen-bond acceptors (Lipinski definition) is 4. The quantitative estimate of drug-likeness (QED) is 0.440. The number of anilines is 1. The van der Waals surface area contributed by atoms with E-state index in [0.717, 1.165) is 69.5 Å². The van der Waals surface area contributed by atoms with Crippen LogP contribution >= 0.6 is 0 Å². The summed E-state index contributed by atoms with van der Waals surface area (Å²) in [6.45, 7) is 5.28. The molecule has 0 unspecified atom stereocenters. The third-order valence-electron chi connectivity index (χ3n) is 5.22. The Balaban J connectivity index is 1.42. The number of aryl methyl sites for hydroxylation is 1. The van der Waals surface area contributed by atoms with Crippen molar-refractivity contribution in [1.29, 1.82) is 0 Å². The van der Waals surface area contributed by atoms with Crippen LogP contribution in [0, 0.1) is 0 Å². The minimum absolute atomic E-state index is 0.0594. The molecule has 3 rings (SSSR count). The van der Waals surface area contributed by atoms with Crippen LogP contribution in [0.1, 0.15) is 12.8 Å². The fourth-order valence-electron chi connectivity index (χ4n) is 3.64. The highest BCUT2D eigenvalue weighted by atomic mass is 16.5. The van der Waals surface area contributed by atoms with Crippen molar-refractivity contribution in [2.24, 2.45) is 4.99 Å². The van der Waals surface area contributed by atoms with Gasteiger partial charge in [0, 0.05) is 58.6 Å². The Morgan fingerprint density at radius 1 is 1.07 bits per heavy atom. The zero-order chi connectivity index (χ0) is 20.5. The Bertz CT molecular complexity index is 856. The summed E-state index contributed by atoms with van der Waals surface area (Å²) in [6, 6.07) is 13.4. The van der Waals surface area contributed by atoms with E-state index in [9.17, 15) is 4.79 Å². The van der Waals surface area contributed by atoms with Gasteiger partial charge < -0.3 is 24.4 Å². The molecule has 0 bridgehead atoms. The number of nitrogens with zero attached hydrogens (tertiary/aromatic N) is 4. The Labute approximate surface area is 172 Å². The molecule has 1 aromatic heterocycles. The number of guanidine groups is 1. The van der Waals surface area contributed by atoms with Gasteiger partial charge >= 0.3 is 0 Å². The van der Waals surface area contributed by atoms with E-state index in [2.05, 4.69) is 26.2 Å². The first-order chi connectivity index (χ1) is 14.2. The van der Waals surface area contributed by atoms with Gasteiger partial charge in [-0.15, -0.1) is 0 Å². The Morgan fingerprint density at radius 2 is 1.83 bits per heavy atom. The number of rotatable bonds is 7. The van der Waals surface area contributed by atoms with Crippen LogP contribution in [-0.2, 0) is 6.54 Å². The van der Waals surface area contributed by atoms with Gasteiger partial charge in [0.1, 0.15) is 5.75 Å². The predicted molar refractivity (Wildman–Crippen MR) is 118 cm³/mol. The molecule has 29 heavy (non-hydrogen) atoms. The van der Waals surface area contributed by atoms with Crippen LogP contribution in [0.2, 0.25) is 0 Å². The summed E-state index contributed by atoms with van der Waals surface area (Å²) in [5.74, 6) is 1.86. The molecule has 1 aliphatic rings. The second-order valence-electron chi connectivity index (χ2n) is 7.06. The van der Waals surface area contributed by atoms with Crippen LogP contribution < -0.4 is 20.5 Å². The van der Waals surface area contributed by atoms with Gasteiger partial charge in [0.2, 0.25) is 5.56 Å². The highest BCUT2D eigenvalue weighted by Gasteiger charge is 2.21. The fourth-order valence-corrected chi connectivity index (χ4v) is 3.64. The maximum absolute atomic E-state index is 11.7. The van der Waals surface area contributed by atoms with Crippen molar-refractivity contribution in [2.75, 3.05) is 51.8 Å². The van der Waals surface area contributed by atoms with Crippen molar-refractivity contribution < 1.29 is 4.74 Å². The first kappa shape index (κ1) is 20.8. The number of methoxy groups -OCH3 is 1. The topological polar surface area (TPSA) is 62.1 Å². The van der Waals surface area contributed by atoms with E-state index in [1.165, 1.54) is 0 Å². The Hall–Kier alpha value is -2.96. The van der Waals surface area contributed by atoms with Crippen molar-refractivity contribution >= 4 is 11.6 Å². The van der Waals surface area contributed by atoms with Gasteiger partial charge in [-0.1, -0.05) is 18.2 Å². The van der Waals surface area contributed by atoms with E-state index in [1.54, 1.807) is 23.8 Å². The molecule has 0 amide bonds. The molecule has 0 aliphatic carbocycles. The minimum atomic E-state index is 0.0594. The van der Waals surface area contributed by atoms with E-state index in [4.69, 9.17) is 4.74 Å². The molecule has 156 valence electrons. The number of benzene rings is 1. The number of piperazine rings is 1. The van der Waals surface area contributed by atoms with Gasteiger partial charge in [-0.3, -0.25) is 9.79 Å². The van der Waals surface area contributed by atoms with Crippen LogP contribution in [0.4, 0.5) is 5.69 Å². The zero-order valence-electron chi connectivity index (χ0n) is 17.4. The molecule has 1 fully saturated rings. The summed E-state index contributed by atoms with van der Waals surface area (Å²) in [4.78, 5) is 20.8. The monoisotopic (exact) mass is 397 g/mol. The third-order valence-corrected chi connectivity index (χ3v) is 5.22. The van der Waals surface area contributed by atoms with E-state index in [1.807, 2.05) is 37.5 Å². The summed E-state index contributed by atoms with van der Waals surface area (Å²) in [6.07, 6.45) is 3.78. The molecule has 1 N–H and O–H groups in total. The average molecular weight is 398 g/mol. The van der Waals surface area contributed by atoms with Gasteiger partial charge in [-0.2, -0.15) is 0 Å². The van der Waals surface area contributed by atoms with Crippen LogP contribution in [0.3, 0.4) is 0 Å². The van der Waals surface area contributed by atoms with Gasteiger partial charge in [0.15, 0.2) is 5.96 Å². The molecule has 7 heteroatoms. The van der Waals surface area contributed by atoms with Gasteiger partial charge in [-0.25, -0.2) is 0 Å². The lowest BCUT2D eigenvalue weighted by Gasteiger charge is -2.38. The number of aliphatic imine (C=N–C) groups is 1. The molecule has 1 saturated heterocycles. The molecule has 0 saturated carbocycles. The largest absolute Gasteiger partial charge is 0.495 e. The first-order valence-electron chi connectivity index (χ1n) is 10.2. The third kappa shape index (κ3) is 5.53. The first-order valence-corrected chi connectivity index (χ1v) is 10.2. The number of aromatic nitrogens is 1. The van der Waals surface area contributed by atoms with Crippen LogP contribution in [0.5, 0.6) is 5.75 Å². The standard InChI is InChI=1S/C22H31N5O2/c1-23-22(24-12-6-8-14-26-13-7-5-11-21(26)28)27-17-15-25(16-18-27)19-9-3-4-10-20(19)29-2/h3-5,7,9-11,13H,6,8,12,14-18H2,1-2H3,(H,23,24). The molecule has 0 spiro atoms. The maximum Gasteiger partial charge on any atom is 0.250 e. The van der Waals surface area contributed by atoms with Gasteiger partial charge in [0.25, 0.3) is 0 Å². The second kappa shape index (κ2) is 10.5. The molecule has 7 nitrogen and oxygen atoms in total. The van der Waals surface area contributed by atoms with Crippen molar-refractivity contribution in [3.63, 3.8) is 0 Å². The number of pyridine rings is 1. The Kier molecular flexibility index (Phi) is 7.55. The minimum Gasteiger partial charge on any atom is -0.495 e. The molecule has 1 aliphatic heterocycles. The summed E-state index contributed by atoms with van der Waals surface area (Å²) in [5.41, 5.74) is 1.21. The van der Waals surface area contributed by atoms with E-state index < -0.39 is 0 Å². The van der Waals surface area contributed by atoms with Crippen molar-refractivity contribution in [1.82, 2.24) is 14.8 Å². The normalized spacial score (nSPS) is 14.8. The van der Waals surface area contributed by atoms with Crippen LogP contribution in [-0.4, -0.2) is 62.3 Å². The van der Waals surface area contributed by atoms with Crippen LogP contribution in [0.25, 0.3) is 0 Å². The average Bonchev–Trinajstić information content (AvgIpc) is 2.77. The summed E-state index contributed by atoms with van der Waals surface area (Å²) in [7, 11) is 3.55. The summed E-state index contributed by atoms with van der Waals surface area (Å²) >= 11 is 0. The number of nitrogens with one attached hydrogen (secondary N) is 1. The van der Waals surface area contributed by atoms with E-state index in [-0.39, 0.29) is 5.56 Å². The molecule has 0 radical (unpaired) electrons. The molecule has 2 aromatic rings. The summed E-state index contributed by atoms with van der Waals surface area (Å²) < 4.78 is 7.25. The summed E-state index contributed by atoms with van der Waals surface area (Å²) in [5, 5.41) is 3.46. The van der Waals surface area contributed by atoms with E-state index >= 15 is 0 Å². The molecule has 1 aromatic carbocycles. The van der Waals surface area contributed by atoms with Gasteiger partial charge in [-0.05, 0) is 31.0 Å². The van der Waals surface area contributed by atoms with Crippen LogP contribution in [0.15, 0.2) is 58.4 Å². The maximum atomic E-state index is 11.7. The smallest absolute Gasteiger partial charge is 0.250 e. The lowest BCUT2D eigenvalue weighted by atomic mass is 10.2. The molecule has 2 heterocycles. The Morgan fingerprint density at radius 3 is 2.55 bits per heavy atom. The number of hydrogen-bond donors (Lipinski definition) is 1. The number of ether oxygens (including phenoxy) is 1. The number of para-hydroxylation sites is 2. The van der Waals surface area contributed by atoms with Crippen molar-refractivity contribution in [2.45, 2.75) is 19.4 Å².